The highest BCUT2D eigenvalue weighted by Crippen LogP contribution is 2.46. The van der Waals surface area contributed by atoms with Crippen LogP contribution in [0.5, 0.6) is 17.2 Å². The molecule has 1 heterocycles. The Balaban J connectivity index is 1.85. The lowest BCUT2D eigenvalue weighted by atomic mass is 10.1. The number of ether oxygens (including phenoxy) is 3. The summed E-state index contributed by atoms with van der Waals surface area (Å²) in [5.41, 5.74) is 5.42. The van der Waals surface area contributed by atoms with Crippen molar-refractivity contribution in [1.82, 2.24) is 9.88 Å². The number of benzene rings is 2. The van der Waals surface area contributed by atoms with Gasteiger partial charge in [-0.05, 0) is 44.4 Å². The van der Waals surface area contributed by atoms with Crippen LogP contribution in [0.4, 0.5) is 0 Å². The van der Waals surface area contributed by atoms with E-state index >= 15 is 0 Å². The zero-order chi connectivity index (χ0) is 24.4. The number of aromatic nitrogens is 1. The first kappa shape index (κ1) is 23.5. The summed E-state index contributed by atoms with van der Waals surface area (Å²) in [6.07, 6.45) is 5.25. The van der Waals surface area contributed by atoms with Crippen molar-refractivity contribution in [2.45, 2.75) is 20.0 Å². The van der Waals surface area contributed by atoms with Gasteiger partial charge in [-0.25, -0.2) is 0 Å². The lowest BCUT2D eigenvalue weighted by molar-refractivity contribution is 0.0681. The standard InChI is InChI=1S/C27H31N3O4/c1-8-22(16(2)3)34-29-27-19-15-24(32-7)23(31-6)14-18(19)26-25(27)20-13-17(9-10-21(20)28-26)33-12-11-30(4)5/h1,9-10,13-16,22,28H,11-12H2,2-7H3. The maximum atomic E-state index is 5.99. The summed E-state index contributed by atoms with van der Waals surface area (Å²) in [6.45, 7) is 5.45. The lowest BCUT2D eigenvalue weighted by Gasteiger charge is -2.14. The molecule has 0 fully saturated rings. The van der Waals surface area contributed by atoms with Crippen LogP contribution in [0.3, 0.4) is 0 Å². The Morgan fingerprint density at radius 2 is 1.76 bits per heavy atom. The zero-order valence-corrected chi connectivity index (χ0v) is 20.6. The summed E-state index contributed by atoms with van der Waals surface area (Å²) in [5.74, 6) is 4.86. The smallest absolute Gasteiger partial charge is 0.189 e. The Kier molecular flexibility index (Phi) is 6.71. The number of methoxy groups -OCH3 is 2. The third-order valence-electron chi connectivity index (χ3n) is 5.89. The molecular weight excluding hydrogens is 430 g/mol. The fraction of sp³-hybridized carbons (Fsp3) is 0.370. The first-order valence-electron chi connectivity index (χ1n) is 11.3. The SMILES string of the molecule is C#CC(ON=C1c2cc(OC)c(OC)cc2-c2[nH]c3ccc(OCCN(C)C)cc3c21)C(C)C. The van der Waals surface area contributed by atoms with Crippen molar-refractivity contribution in [1.29, 1.82) is 0 Å². The maximum absolute atomic E-state index is 5.99. The molecule has 1 unspecified atom stereocenters. The highest BCUT2D eigenvalue weighted by Gasteiger charge is 2.32. The minimum Gasteiger partial charge on any atom is -0.493 e. The molecule has 0 saturated heterocycles. The average Bonchev–Trinajstić information content (AvgIpc) is 3.32. The second kappa shape index (κ2) is 9.70. The van der Waals surface area contributed by atoms with Crippen molar-refractivity contribution >= 4 is 16.6 Å². The quantitative estimate of drug-likeness (QED) is 0.293. The molecule has 2 aromatic carbocycles. The summed E-state index contributed by atoms with van der Waals surface area (Å²) in [5, 5.41) is 5.57. The van der Waals surface area contributed by atoms with Crippen LogP contribution in [0.2, 0.25) is 0 Å². The minimum atomic E-state index is -0.435. The molecule has 1 aliphatic carbocycles. The molecule has 7 nitrogen and oxygen atoms in total. The summed E-state index contributed by atoms with van der Waals surface area (Å²) < 4.78 is 17.1. The van der Waals surface area contributed by atoms with E-state index in [1.54, 1.807) is 14.2 Å². The number of H-pyrrole nitrogens is 1. The monoisotopic (exact) mass is 461 g/mol. The molecule has 0 bridgehead atoms. The Hall–Kier alpha value is -3.63. The third kappa shape index (κ3) is 4.29. The first-order chi connectivity index (χ1) is 16.4. The first-order valence-corrected chi connectivity index (χ1v) is 11.3. The zero-order valence-electron chi connectivity index (χ0n) is 20.6. The van der Waals surface area contributed by atoms with Gasteiger partial charge in [0, 0.05) is 40.1 Å². The second-order valence-electron chi connectivity index (χ2n) is 8.86. The topological polar surface area (TPSA) is 68.3 Å². The summed E-state index contributed by atoms with van der Waals surface area (Å²) >= 11 is 0. The number of fused-ring (bicyclic) bond motifs is 5. The van der Waals surface area contributed by atoms with Crippen LogP contribution < -0.4 is 14.2 Å². The van der Waals surface area contributed by atoms with Gasteiger partial charge < -0.3 is 28.9 Å². The van der Waals surface area contributed by atoms with E-state index in [4.69, 9.17) is 25.5 Å². The Morgan fingerprint density at radius 1 is 1.06 bits per heavy atom. The molecule has 0 radical (unpaired) electrons. The van der Waals surface area contributed by atoms with Gasteiger partial charge in [-0.3, -0.25) is 0 Å². The largest absolute Gasteiger partial charge is 0.493 e. The predicted octanol–water partition coefficient (Wildman–Crippen LogP) is 4.53. The number of likely N-dealkylation sites (N-methyl/N-ethyl adjacent to an activating group) is 1. The number of rotatable bonds is 9. The summed E-state index contributed by atoms with van der Waals surface area (Å²) in [6, 6.07) is 9.92. The molecule has 1 atom stereocenters. The van der Waals surface area contributed by atoms with Gasteiger partial charge in [0.1, 0.15) is 18.1 Å². The van der Waals surface area contributed by atoms with Crippen molar-refractivity contribution in [3.63, 3.8) is 0 Å². The van der Waals surface area contributed by atoms with Gasteiger partial charge in [-0.1, -0.05) is 24.9 Å². The molecule has 1 aromatic heterocycles. The van der Waals surface area contributed by atoms with Crippen LogP contribution >= 0.6 is 0 Å². The van der Waals surface area contributed by atoms with Crippen molar-refractivity contribution < 1.29 is 19.0 Å². The molecule has 0 amide bonds. The minimum absolute atomic E-state index is 0.125. The second-order valence-corrected chi connectivity index (χ2v) is 8.86. The van der Waals surface area contributed by atoms with E-state index in [0.717, 1.165) is 45.6 Å². The van der Waals surface area contributed by atoms with E-state index < -0.39 is 6.10 Å². The van der Waals surface area contributed by atoms with Crippen LogP contribution in [0, 0.1) is 18.3 Å². The van der Waals surface area contributed by atoms with E-state index in [1.165, 1.54) is 0 Å². The summed E-state index contributed by atoms with van der Waals surface area (Å²) in [4.78, 5) is 11.5. The highest BCUT2D eigenvalue weighted by molar-refractivity contribution is 6.30. The van der Waals surface area contributed by atoms with E-state index in [0.29, 0.717) is 23.8 Å². The van der Waals surface area contributed by atoms with Crippen LogP contribution in [-0.2, 0) is 4.84 Å². The lowest BCUT2D eigenvalue weighted by Crippen LogP contribution is -2.19. The molecule has 1 aliphatic rings. The number of hydrogen-bond donors (Lipinski definition) is 1. The Bertz CT molecular complexity index is 1270. The number of aromatic amines is 1. The van der Waals surface area contributed by atoms with Crippen LogP contribution in [0.1, 0.15) is 25.0 Å². The molecule has 178 valence electrons. The molecular formula is C27H31N3O4. The Morgan fingerprint density at radius 3 is 2.38 bits per heavy atom. The van der Waals surface area contributed by atoms with E-state index in [2.05, 4.69) is 21.0 Å². The van der Waals surface area contributed by atoms with Crippen molar-refractivity contribution in [3.8, 4) is 40.8 Å². The number of terminal acetylenes is 1. The molecule has 3 aromatic rings. The molecule has 1 N–H and O–H groups in total. The van der Waals surface area contributed by atoms with Crippen LogP contribution in [0.25, 0.3) is 22.2 Å². The summed E-state index contributed by atoms with van der Waals surface area (Å²) in [7, 11) is 7.29. The number of hydrogen-bond acceptors (Lipinski definition) is 6. The van der Waals surface area contributed by atoms with Gasteiger partial charge in [0.15, 0.2) is 17.6 Å². The number of nitrogens with zero attached hydrogens (tertiary/aromatic N) is 2. The van der Waals surface area contributed by atoms with Gasteiger partial charge in [-0.15, -0.1) is 6.42 Å². The third-order valence-corrected chi connectivity index (χ3v) is 5.89. The van der Waals surface area contributed by atoms with Gasteiger partial charge in [0.25, 0.3) is 0 Å². The average molecular weight is 462 g/mol. The number of oxime groups is 1. The maximum Gasteiger partial charge on any atom is 0.189 e. The molecule has 0 spiro atoms. The normalized spacial score (nSPS) is 14.3. The van der Waals surface area contributed by atoms with Gasteiger partial charge in [-0.2, -0.15) is 0 Å². The molecule has 4 rings (SSSR count). The van der Waals surface area contributed by atoms with Crippen molar-refractivity contribution in [2.75, 3.05) is 41.5 Å². The van der Waals surface area contributed by atoms with E-state index in [-0.39, 0.29) is 5.92 Å². The Labute approximate surface area is 200 Å². The van der Waals surface area contributed by atoms with Crippen LogP contribution in [0.15, 0.2) is 35.5 Å². The fourth-order valence-electron chi connectivity index (χ4n) is 4.02. The highest BCUT2D eigenvalue weighted by atomic mass is 16.6. The molecule has 7 heteroatoms. The molecule has 0 aliphatic heterocycles. The van der Waals surface area contributed by atoms with Crippen molar-refractivity contribution in [3.05, 3.63) is 41.5 Å². The molecule has 34 heavy (non-hydrogen) atoms. The van der Waals surface area contributed by atoms with Crippen LogP contribution in [-0.4, -0.2) is 63.2 Å². The van der Waals surface area contributed by atoms with E-state index in [1.807, 2.05) is 58.3 Å². The number of nitrogens with one attached hydrogen (secondary N) is 1. The molecule has 0 saturated carbocycles. The van der Waals surface area contributed by atoms with Gasteiger partial charge >= 0.3 is 0 Å². The van der Waals surface area contributed by atoms with E-state index in [9.17, 15) is 0 Å². The fourth-order valence-corrected chi connectivity index (χ4v) is 4.02. The predicted molar refractivity (Wildman–Crippen MR) is 135 cm³/mol. The van der Waals surface area contributed by atoms with Crippen molar-refractivity contribution in [2.24, 2.45) is 11.1 Å². The van der Waals surface area contributed by atoms with Gasteiger partial charge in [0.2, 0.25) is 0 Å². The van der Waals surface area contributed by atoms with Gasteiger partial charge in [0.05, 0.1) is 19.9 Å².